The van der Waals surface area contributed by atoms with E-state index in [0.29, 0.717) is 5.84 Å². The van der Waals surface area contributed by atoms with Crippen molar-refractivity contribution in [1.29, 1.82) is 0 Å². The molecule has 0 unspecified atom stereocenters. The Morgan fingerprint density at radius 2 is 2.00 bits per heavy atom. The van der Waals surface area contributed by atoms with Crippen LogP contribution in [-0.2, 0) is 0 Å². The predicted molar refractivity (Wildman–Crippen MR) is 61.9 cm³/mol. The zero-order valence-electron chi connectivity index (χ0n) is 9.85. The number of amidine groups is 1. The summed E-state index contributed by atoms with van der Waals surface area (Å²) in [7, 11) is 0. The number of hydrogen-bond acceptors (Lipinski definition) is 3. The van der Waals surface area contributed by atoms with Crippen molar-refractivity contribution in [2.75, 3.05) is 6.54 Å². The van der Waals surface area contributed by atoms with Gasteiger partial charge in [-0.25, -0.2) is 5.84 Å². The summed E-state index contributed by atoms with van der Waals surface area (Å²) in [5.74, 6) is 7.96. The molecular formula is C11H19N3O. The first-order chi connectivity index (χ1) is 7.11. The van der Waals surface area contributed by atoms with Crippen molar-refractivity contribution >= 4 is 5.84 Å². The molecule has 0 aromatic carbocycles. The summed E-state index contributed by atoms with van der Waals surface area (Å²) >= 11 is 0. The van der Waals surface area contributed by atoms with Gasteiger partial charge in [0.15, 0.2) is 0 Å². The second kappa shape index (κ2) is 4.98. The molecule has 84 valence electrons. The third-order valence-electron chi connectivity index (χ3n) is 2.43. The van der Waals surface area contributed by atoms with Crippen LogP contribution >= 0.6 is 0 Å². The largest absolute Gasteiger partial charge is 0.466 e. The molecule has 1 heterocycles. The molecule has 0 saturated heterocycles. The van der Waals surface area contributed by atoms with Crippen LogP contribution in [0.5, 0.6) is 0 Å². The van der Waals surface area contributed by atoms with Crippen molar-refractivity contribution in [3.05, 3.63) is 22.6 Å². The molecule has 0 aliphatic heterocycles. The van der Waals surface area contributed by atoms with E-state index in [1.165, 1.54) is 0 Å². The Balaban J connectivity index is 3.12. The van der Waals surface area contributed by atoms with Crippen LogP contribution in [-0.4, -0.2) is 12.4 Å². The van der Waals surface area contributed by atoms with E-state index >= 15 is 0 Å². The van der Waals surface area contributed by atoms with Gasteiger partial charge in [-0.1, -0.05) is 6.92 Å². The first-order valence-corrected chi connectivity index (χ1v) is 5.19. The van der Waals surface area contributed by atoms with E-state index in [1.807, 2.05) is 20.8 Å². The average molecular weight is 209 g/mol. The summed E-state index contributed by atoms with van der Waals surface area (Å²) < 4.78 is 5.53. The van der Waals surface area contributed by atoms with Crippen LogP contribution in [0.2, 0.25) is 0 Å². The summed E-state index contributed by atoms with van der Waals surface area (Å²) in [6.07, 6.45) is 1.00. The fourth-order valence-corrected chi connectivity index (χ4v) is 1.56. The molecule has 0 aliphatic carbocycles. The first kappa shape index (κ1) is 11.8. The number of nitrogens with zero attached hydrogens (tertiary/aromatic N) is 1. The van der Waals surface area contributed by atoms with Gasteiger partial charge in [0, 0.05) is 12.1 Å². The van der Waals surface area contributed by atoms with Crippen LogP contribution in [0.15, 0.2) is 9.41 Å². The van der Waals surface area contributed by atoms with Crippen molar-refractivity contribution in [2.24, 2.45) is 10.8 Å². The van der Waals surface area contributed by atoms with Crippen LogP contribution in [0.25, 0.3) is 0 Å². The lowest BCUT2D eigenvalue weighted by Gasteiger charge is -2.05. The molecule has 3 N–H and O–H groups in total. The Morgan fingerprint density at radius 3 is 2.40 bits per heavy atom. The van der Waals surface area contributed by atoms with Gasteiger partial charge in [-0.05, 0) is 27.2 Å². The second-order valence-electron chi connectivity index (χ2n) is 3.59. The number of hydrazine groups is 1. The van der Waals surface area contributed by atoms with E-state index in [1.54, 1.807) is 0 Å². The molecule has 1 aromatic heterocycles. The van der Waals surface area contributed by atoms with Gasteiger partial charge in [0.1, 0.15) is 17.4 Å². The number of nitrogens with two attached hydrogens (primary N) is 1. The summed E-state index contributed by atoms with van der Waals surface area (Å²) in [6.45, 7) is 8.73. The maximum Gasteiger partial charge on any atom is 0.146 e. The molecule has 0 spiro atoms. The highest BCUT2D eigenvalue weighted by molar-refractivity contribution is 6.00. The van der Waals surface area contributed by atoms with Gasteiger partial charge in [-0.3, -0.25) is 4.99 Å². The number of rotatable bonds is 3. The summed E-state index contributed by atoms with van der Waals surface area (Å²) in [4.78, 5) is 4.39. The minimum atomic E-state index is 0.712. The lowest BCUT2D eigenvalue weighted by atomic mass is 10.1. The van der Waals surface area contributed by atoms with Crippen molar-refractivity contribution in [2.45, 2.75) is 34.1 Å². The monoisotopic (exact) mass is 209 g/mol. The van der Waals surface area contributed by atoms with Gasteiger partial charge in [0.2, 0.25) is 0 Å². The maximum atomic E-state index is 5.53. The molecule has 0 fully saturated rings. The highest BCUT2D eigenvalue weighted by atomic mass is 16.3. The van der Waals surface area contributed by atoms with Crippen molar-refractivity contribution in [3.63, 3.8) is 0 Å². The third-order valence-corrected chi connectivity index (χ3v) is 2.43. The van der Waals surface area contributed by atoms with Crippen LogP contribution in [0.4, 0.5) is 0 Å². The number of aryl methyl sites for hydroxylation is 2. The highest BCUT2D eigenvalue weighted by Crippen LogP contribution is 2.20. The van der Waals surface area contributed by atoms with Gasteiger partial charge in [0.05, 0.1) is 5.56 Å². The SMILES string of the molecule is CCCN=C(NN)c1c(C)oc(C)c1C. The minimum Gasteiger partial charge on any atom is -0.466 e. The molecule has 0 saturated carbocycles. The van der Waals surface area contributed by atoms with E-state index < -0.39 is 0 Å². The van der Waals surface area contributed by atoms with Crippen LogP contribution in [0, 0.1) is 20.8 Å². The summed E-state index contributed by atoms with van der Waals surface area (Å²) in [5.41, 5.74) is 4.72. The third kappa shape index (κ3) is 2.39. The summed E-state index contributed by atoms with van der Waals surface area (Å²) in [5, 5.41) is 0. The molecule has 15 heavy (non-hydrogen) atoms. The number of aliphatic imine (C=N–C) groups is 1. The fourth-order valence-electron chi connectivity index (χ4n) is 1.56. The quantitative estimate of drug-likeness (QED) is 0.345. The lowest BCUT2D eigenvalue weighted by molar-refractivity contribution is 0.502. The predicted octanol–water partition coefficient (Wildman–Crippen LogP) is 1.82. The van der Waals surface area contributed by atoms with Gasteiger partial charge >= 0.3 is 0 Å². The molecule has 4 nitrogen and oxygen atoms in total. The molecule has 0 bridgehead atoms. The smallest absolute Gasteiger partial charge is 0.146 e. The second-order valence-corrected chi connectivity index (χ2v) is 3.59. The van der Waals surface area contributed by atoms with Gasteiger partial charge in [-0.15, -0.1) is 0 Å². The van der Waals surface area contributed by atoms with E-state index in [4.69, 9.17) is 10.3 Å². The number of furan rings is 1. The summed E-state index contributed by atoms with van der Waals surface area (Å²) in [6, 6.07) is 0. The molecule has 4 heteroatoms. The van der Waals surface area contributed by atoms with Gasteiger partial charge < -0.3 is 9.84 Å². The van der Waals surface area contributed by atoms with Crippen molar-refractivity contribution in [1.82, 2.24) is 5.43 Å². The maximum absolute atomic E-state index is 5.53. The minimum absolute atomic E-state index is 0.712. The van der Waals surface area contributed by atoms with Crippen LogP contribution in [0.1, 0.15) is 36.0 Å². The Hall–Kier alpha value is -1.29. The molecule has 1 aromatic rings. The number of hydrogen-bond donors (Lipinski definition) is 2. The fraction of sp³-hybridized carbons (Fsp3) is 0.545. The van der Waals surface area contributed by atoms with Crippen molar-refractivity contribution in [3.8, 4) is 0 Å². The molecular weight excluding hydrogens is 190 g/mol. The Bertz CT molecular complexity index is 366. The Morgan fingerprint density at radius 1 is 1.33 bits per heavy atom. The molecule has 0 atom stereocenters. The lowest BCUT2D eigenvalue weighted by Crippen LogP contribution is -2.32. The van der Waals surface area contributed by atoms with E-state index in [9.17, 15) is 0 Å². The van der Waals surface area contributed by atoms with E-state index in [0.717, 1.165) is 35.6 Å². The molecule has 1 rings (SSSR count). The Kier molecular flexibility index (Phi) is 3.91. The van der Waals surface area contributed by atoms with E-state index in [2.05, 4.69) is 17.3 Å². The van der Waals surface area contributed by atoms with Crippen molar-refractivity contribution < 1.29 is 4.42 Å². The number of nitrogens with one attached hydrogen (secondary N) is 1. The topological polar surface area (TPSA) is 63.5 Å². The molecule has 0 aliphatic rings. The van der Waals surface area contributed by atoms with Crippen LogP contribution in [0.3, 0.4) is 0 Å². The normalized spacial score (nSPS) is 11.9. The first-order valence-electron chi connectivity index (χ1n) is 5.19. The van der Waals surface area contributed by atoms with Crippen LogP contribution < -0.4 is 11.3 Å². The molecule has 0 radical (unpaired) electrons. The zero-order chi connectivity index (χ0) is 11.4. The zero-order valence-corrected chi connectivity index (χ0v) is 9.85. The van der Waals surface area contributed by atoms with Gasteiger partial charge in [0.25, 0.3) is 0 Å². The highest BCUT2D eigenvalue weighted by Gasteiger charge is 2.15. The standard InChI is InChI=1S/C11H19N3O/c1-5-6-13-11(14-12)10-7(2)8(3)15-9(10)4/h5-6,12H2,1-4H3,(H,13,14). The molecule has 0 amide bonds. The van der Waals surface area contributed by atoms with Gasteiger partial charge in [-0.2, -0.15) is 0 Å². The Labute approximate surface area is 90.5 Å². The van der Waals surface area contributed by atoms with E-state index in [-0.39, 0.29) is 0 Å². The average Bonchev–Trinajstić information content (AvgIpc) is 2.45.